The fourth-order valence-electron chi connectivity index (χ4n) is 2.81. The molecule has 1 heterocycles. The highest BCUT2D eigenvalue weighted by Gasteiger charge is 2.17. The number of nitrogens with zero attached hydrogens (tertiary/aromatic N) is 3. The number of hydrogen-bond acceptors (Lipinski definition) is 4. The van der Waals surface area contributed by atoms with Crippen LogP contribution in [0.15, 0.2) is 29.3 Å². The van der Waals surface area contributed by atoms with Gasteiger partial charge in [-0.2, -0.15) is 0 Å². The third-order valence-electron chi connectivity index (χ3n) is 4.36. The molecular formula is C18H30IN5O2. The second kappa shape index (κ2) is 11.9. The molecular weight excluding hydrogens is 445 g/mol. The second-order valence-electron chi connectivity index (χ2n) is 6.05. The van der Waals surface area contributed by atoms with Gasteiger partial charge in [0.1, 0.15) is 5.75 Å². The predicted octanol–water partition coefficient (Wildman–Crippen LogP) is 1.14. The van der Waals surface area contributed by atoms with Crippen molar-refractivity contribution in [3.8, 4) is 5.75 Å². The van der Waals surface area contributed by atoms with E-state index < -0.39 is 0 Å². The van der Waals surface area contributed by atoms with E-state index in [1.165, 1.54) is 0 Å². The lowest BCUT2D eigenvalue weighted by atomic mass is 10.2. The van der Waals surface area contributed by atoms with E-state index in [9.17, 15) is 4.79 Å². The molecule has 1 aliphatic rings. The average molecular weight is 475 g/mol. The van der Waals surface area contributed by atoms with E-state index in [4.69, 9.17) is 4.74 Å². The lowest BCUT2D eigenvalue weighted by Gasteiger charge is -2.34. The van der Waals surface area contributed by atoms with Gasteiger partial charge >= 0.3 is 0 Å². The molecule has 2 rings (SSSR count). The number of carbonyl (C=O) groups excluding carboxylic acids is 1. The summed E-state index contributed by atoms with van der Waals surface area (Å²) >= 11 is 0. The molecule has 146 valence electrons. The molecule has 1 aliphatic heterocycles. The molecule has 0 saturated carbocycles. The summed E-state index contributed by atoms with van der Waals surface area (Å²) in [5.41, 5.74) is 1.14. The zero-order valence-electron chi connectivity index (χ0n) is 15.8. The number of ether oxygens (including phenoxy) is 1. The van der Waals surface area contributed by atoms with Gasteiger partial charge in [-0.25, -0.2) is 0 Å². The fourth-order valence-corrected chi connectivity index (χ4v) is 2.81. The molecule has 7 nitrogen and oxygen atoms in total. The number of methoxy groups -OCH3 is 1. The van der Waals surface area contributed by atoms with E-state index in [0.717, 1.165) is 56.5 Å². The highest BCUT2D eigenvalue weighted by Crippen LogP contribution is 2.12. The molecule has 0 aromatic heterocycles. The lowest BCUT2D eigenvalue weighted by Crippen LogP contribution is -2.50. The van der Waals surface area contributed by atoms with E-state index >= 15 is 0 Å². The molecule has 0 unspecified atom stereocenters. The largest absolute Gasteiger partial charge is 0.497 e. The first-order valence-electron chi connectivity index (χ1n) is 8.67. The summed E-state index contributed by atoms with van der Waals surface area (Å²) in [5, 5.41) is 6.64. The molecule has 2 N–H and O–H groups in total. The van der Waals surface area contributed by atoms with Gasteiger partial charge in [-0.05, 0) is 17.7 Å². The van der Waals surface area contributed by atoms with Gasteiger partial charge in [0.15, 0.2) is 5.96 Å². The number of halogens is 1. The van der Waals surface area contributed by atoms with Gasteiger partial charge < -0.3 is 20.3 Å². The molecule has 1 fully saturated rings. The Kier molecular flexibility index (Phi) is 10.3. The van der Waals surface area contributed by atoms with Crippen LogP contribution in [0.1, 0.15) is 12.5 Å². The van der Waals surface area contributed by atoms with Crippen LogP contribution in [0.5, 0.6) is 5.75 Å². The summed E-state index contributed by atoms with van der Waals surface area (Å²) in [4.78, 5) is 19.9. The van der Waals surface area contributed by atoms with Crippen molar-refractivity contribution in [3.05, 3.63) is 29.8 Å². The van der Waals surface area contributed by atoms with Gasteiger partial charge in [-0.1, -0.05) is 12.1 Å². The van der Waals surface area contributed by atoms with Crippen molar-refractivity contribution >= 4 is 35.8 Å². The van der Waals surface area contributed by atoms with Gasteiger partial charge in [0.25, 0.3) is 0 Å². The van der Waals surface area contributed by atoms with E-state index in [1.54, 1.807) is 21.1 Å². The standard InChI is InChI=1S/C18H29N5O2.HI/c1-15(24)23-11-9-22(10-12-23)8-7-20-18(19-2)21-14-16-5-4-6-17(13-16)25-3;/h4-6,13H,7-12,14H2,1-3H3,(H2,19,20,21);1H. The predicted molar refractivity (Wildman–Crippen MR) is 115 cm³/mol. The molecule has 1 saturated heterocycles. The van der Waals surface area contributed by atoms with Crippen LogP contribution in [-0.4, -0.2) is 75.1 Å². The Labute approximate surface area is 173 Å². The smallest absolute Gasteiger partial charge is 0.219 e. The molecule has 0 aliphatic carbocycles. The maximum Gasteiger partial charge on any atom is 0.219 e. The number of benzene rings is 1. The molecule has 1 aromatic carbocycles. The van der Waals surface area contributed by atoms with E-state index in [0.29, 0.717) is 6.54 Å². The summed E-state index contributed by atoms with van der Waals surface area (Å²) < 4.78 is 5.24. The quantitative estimate of drug-likeness (QED) is 0.367. The van der Waals surface area contributed by atoms with Crippen LogP contribution in [0.25, 0.3) is 0 Å². The van der Waals surface area contributed by atoms with Crippen molar-refractivity contribution in [2.24, 2.45) is 4.99 Å². The molecule has 0 bridgehead atoms. The summed E-state index contributed by atoms with van der Waals surface area (Å²) in [6, 6.07) is 7.97. The third-order valence-corrected chi connectivity index (χ3v) is 4.36. The Morgan fingerprint density at radius 3 is 2.58 bits per heavy atom. The lowest BCUT2D eigenvalue weighted by molar-refractivity contribution is -0.130. The first kappa shape index (κ1) is 22.5. The summed E-state index contributed by atoms with van der Waals surface area (Å²) in [6.45, 7) is 7.57. The summed E-state index contributed by atoms with van der Waals surface area (Å²) in [6.07, 6.45) is 0. The van der Waals surface area contributed by atoms with E-state index in [1.807, 2.05) is 23.1 Å². The van der Waals surface area contributed by atoms with Crippen molar-refractivity contribution in [1.82, 2.24) is 20.4 Å². The number of hydrogen-bond donors (Lipinski definition) is 2. The zero-order chi connectivity index (χ0) is 18.1. The number of piperazine rings is 1. The van der Waals surface area contributed by atoms with Crippen LogP contribution in [0.4, 0.5) is 0 Å². The number of aliphatic imine (C=N–C) groups is 1. The molecule has 1 amide bonds. The minimum absolute atomic E-state index is 0. The van der Waals surface area contributed by atoms with Crippen molar-refractivity contribution < 1.29 is 9.53 Å². The molecule has 26 heavy (non-hydrogen) atoms. The molecule has 8 heteroatoms. The Morgan fingerprint density at radius 1 is 1.23 bits per heavy atom. The zero-order valence-corrected chi connectivity index (χ0v) is 18.2. The van der Waals surface area contributed by atoms with Crippen molar-refractivity contribution in [2.75, 3.05) is 53.4 Å². The monoisotopic (exact) mass is 475 g/mol. The average Bonchev–Trinajstić information content (AvgIpc) is 2.65. The van der Waals surface area contributed by atoms with Crippen molar-refractivity contribution in [1.29, 1.82) is 0 Å². The number of rotatable bonds is 6. The Morgan fingerprint density at radius 2 is 1.96 bits per heavy atom. The molecule has 0 atom stereocenters. The van der Waals surface area contributed by atoms with Crippen molar-refractivity contribution in [2.45, 2.75) is 13.5 Å². The Bertz CT molecular complexity index is 589. The van der Waals surface area contributed by atoms with Gasteiger partial charge in [0.05, 0.1) is 7.11 Å². The van der Waals surface area contributed by atoms with E-state index in [2.05, 4.69) is 26.6 Å². The molecule has 0 radical (unpaired) electrons. The van der Waals surface area contributed by atoms with Gasteiger partial charge in [-0.15, -0.1) is 24.0 Å². The summed E-state index contributed by atoms with van der Waals surface area (Å²) in [7, 11) is 3.44. The second-order valence-corrected chi connectivity index (χ2v) is 6.05. The Balaban J connectivity index is 0.00000338. The number of carbonyl (C=O) groups is 1. The van der Waals surface area contributed by atoms with Crippen molar-refractivity contribution in [3.63, 3.8) is 0 Å². The maximum absolute atomic E-state index is 11.3. The number of guanidine groups is 1. The highest BCUT2D eigenvalue weighted by atomic mass is 127. The van der Waals surface area contributed by atoms with Crippen LogP contribution < -0.4 is 15.4 Å². The van der Waals surface area contributed by atoms with Crippen LogP contribution in [0, 0.1) is 0 Å². The molecule has 0 spiro atoms. The van der Waals surface area contributed by atoms with E-state index in [-0.39, 0.29) is 29.9 Å². The van der Waals surface area contributed by atoms with Crippen LogP contribution in [0.3, 0.4) is 0 Å². The SMILES string of the molecule is CN=C(NCCN1CCN(C(C)=O)CC1)NCc1cccc(OC)c1.I. The fraction of sp³-hybridized carbons (Fsp3) is 0.556. The van der Waals surface area contributed by atoms with Crippen LogP contribution >= 0.6 is 24.0 Å². The van der Waals surface area contributed by atoms with Crippen LogP contribution in [0.2, 0.25) is 0 Å². The summed E-state index contributed by atoms with van der Waals surface area (Å²) in [5.74, 6) is 1.80. The minimum atomic E-state index is 0. The van der Waals surface area contributed by atoms with Crippen LogP contribution in [-0.2, 0) is 11.3 Å². The topological polar surface area (TPSA) is 69.2 Å². The first-order chi connectivity index (χ1) is 12.1. The Hall–Kier alpha value is -1.55. The van der Waals surface area contributed by atoms with Gasteiger partial charge in [0, 0.05) is 59.8 Å². The maximum atomic E-state index is 11.3. The minimum Gasteiger partial charge on any atom is -0.497 e. The normalized spacial score (nSPS) is 15.2. The van der Waals surface area contributed by atoms with Gasteiger partial charge in [0.2, 0.25) is 5.91 Å². The highest BCUT2D eigenvalue weighted by molar-refractivity contribution is 14.0. The third kappa shape index (κ3) is 7.36. The number of amides is 1. The molecule has 1 aromatic rings. The van der Waals surface area contributed by atoms with Gasteiger partial charge in [-0.3, -0.25) is 14.7 Å². The first-order valence-corrected chi connectivity index (χ1v) is 8.67. The number of nitrogens with one attached hydrogen (secondary N) is 2.